The van der Waals surface area contributed by atoms with Crippen LogP contribution in [0.2, 0.25) is 0 Å². The van der Waals surface area contributed by atoms with Gasteiger partial charge in [0.05, 0.1) is 0 Å². The van der Waals surface area contributed by atoms with Gasteiger partial charge in [0.25, 0.3) is 0 Å². The number of halogens is 1. The quantitative estimate of drug-likeness (QED) is 0.829. The van der Waals surface area contributed by atoms with Crippen LogP contribution in [-0.4, -0.2) is 42.6 Å². The maximum atomic E-state index is 5.81. The molecule has 2 N–H and O–H groups in total. The molecule has 2 saturated heterocycles. The van der Waals surface area contributed by atoms with Crippen LogP contribution in [0.3, 0.4) is 0 Å². The van der Waals surface area contributed by atoms with Crippen molar-refractivity contribution < 1.29 is 0 Å². The third-order valence-electron chi connectivity index (χ3n) is 3.67. The van der Waals surface area contributed by atoms with Crippen molar-refractivity contribution in [2.24, 2.45) is 17.1 Å². The van der Waals surface area contributed by atoms with E-state index in [-0.39, 0.29) is 12.4 Å². The lowest BCUT2D eigenvalue weighted by Crippen LogP contribution is -2.33. The Morgan fingerprint density at radius 2 is 2.33 bits per heavy atom. The van der Waals surface area contributed by atoms with Crippen molar-refractivity contribution in [1.29, 1.82) is 0 Å². The molecule has 0 aliphatic carbocycles. The molecule has 2 aliphatic heterocycles. The largest absolute Gasteiger partial charge is 0.330 e. The minimum Gasteiger partial charge on any atom is -0.330 e. The molecule has 2 aliphatic rings. The van der Waals surface area contributed by atoms with Gasteiger partial charge in [-0.05, 0) is 48.8 Å². The van der Waals surface area contributed by atoms with Gasteiger partial charge < -0.3 is 10.6 Å². The SMILES string of the molecule is CC1(CN)CCN(CC2CCSC2)C1.Cl. The Kier molecular flexibility index (Phi) is 5.23. The predicted molar refractivity (Wildman–Crippen MR) is 70.9 cm³/mol. The zero-order valence-electron chi connectivity index (χ0n) is 9.58. The van der Waals surface area contributed by atoms with E-state index in [0.29, 0.717) is 5.41 Å². The van der Waals surface area contributed by atoms with Crippen LogP contribution >= 0.6 is 24.2 Å². The highest BCUT2D eigenvalue weighted by Crippen LogP contribution is 2.31. The standard InChI is InChI=1S/C11H22N2S.ClH/c1-11(8-12)3-4-13(9-11)6-10-2-5-14-7-10;/h10H,2-9,12H2,1H3;1H. The average Bonchev–Trinajstić information content (AvgIpc) is 2.78. The first kappa shape index (κ1) is 13.6. The van der Waals surface area contributed by atoms with Gasteiger partial charge in [0.2, 0.25) is 0 Å². The van der Waals surface area contributed by atoms with Crippen LogP contribution in [0.1, 0.15) is 19.8 Å². The molecule has 4 heteroatoms. The van der Waals surface area contributed by atoms with Gasteiger partial charge in [-0.15, -0.1) is 12.4 Å². The fourth-order valence-electron chi connectivity index (χ4n) is 2.54. The van der Waals surface area contributed by atoms with Gasteiger partial charge in [-0.2, -0.15) is 11.8 Å². The molecular weight excluding hydrogens is 228 g/mol. The van der Waals surface area contributed by atoms with E-state index in [4.69, 9.17) is 5.73 Å². The normalized spacial score (nSPS) is 36.8. The smallest absolute Gasteiger partial charge is 0.00480 e. The molecule has 2 nitrogen and oxygen atoms in total. The van der Waals surface area contributed by atoms with Crippen molar-refractivity contribution in [3.8, 4) is 0 Å². The van der Waals surface area contributed by atoms with E-state index in [1.54, 1.807) is 0 Å². The minimum absolute atomic E-state index is 0. The van der Waals surface area contributed by atoms with E-state index in [2.05, 4.69) is 23.6 Å². The molecule has 0 radical (unpaired) electrons. The lowest BCUT2D eigenvalue weighted by atomic mass is 9.90. The van der Waals surface area contributed by atoms with Crippen LogP contribution in [0, 0.1) is 11.3 Å². The number of hydrogen-bond donors (Lipinski definition) is 1. The average molecular weight is 251 g/mol. The van der Waals surface area contributed by atoms with Gasteiger partial charge in [-0.1, -0.05) is 6.92 Å². The van der Waals surface area contributed by atoms with Crippen LogP contribution < -0.4 is 5.73 Å². The zero-order valence-corrected chi connectivity index (χ0v) is 11.2. The summed E-state index contributed by atoms with van der Waals surface area (Å²) in [4.78, 5) is 2.63. The molecular formula is C11H23ClN2S. The summed E-state index contributed by atoms with van der Waals surface area (Å²) in [5, 5.41) is 0. The first-order valence-electron chi connectivity index (χ1n) is 5.72. The Morgan fingerprint density at radius 1 is 1.53 bits per heavy atom. The third kappa shape index (κ3) is 3.52. The predicted octanol–water partition coefficient (Wildman–Crippen LogP) is 1.83. The maximum Gasteiger partial charge on any atom is 0.00480 e. The molecule has 0 aromatic carbocycles. The second kappa shape index (κ2) is 5.76. The van der Waals surface area contributed by atoms with Gasteiger partial charge in [0.15, 0.2) is 0 Å². The van der Waals surface area contributed by atoms with E-state index in [1.165, 1.54) is 44.0 Å². The van der Waals surface area contributed by atoms with Crippen molar-refractivity contribution in [3.05, 3.63) is 0 Å². The topological polar surface area (TPSA) is 29.3 Å². The van der Waals surface area contributed by atoms with Gasteiger partial charge in [-0.3, -0.25) is 0 Å². The van der Waals surface area contributed by atoms with Crippen molar-refractivity contribution >= 4 is 24.2 Å². The van der Waals surface area contributed by atoms with E-state index in [0.717, 1.165) is 12.5 Å². The Bertz CT molecular complexity index is 197. The Labute approximate surface area is 104 Å². The molecule has 0 aromatic heterocycles. The maximum absolute atomic E-state index is 5.81. The fourth-order valence-corrected chi connectivity index (χ4v) is 3.81. The molecule has 2 rings (SSSR count). The minimum atomic E-state index is 0. The number of likely N-dealkylation sites (tertiary alicyclic amines) is 1. The Morgan fingerprint density at radius 3 is 2.87 bits per heavy atom. The Hall–Kier alpha value is 0.560. The number of rotatable bonds is 3. The monoisotopic (exact) mass is 250 g/mol. The lowest BCUT2D eigenvalue weighted by Gasteiger charge is -2.24. The van der Waals surface area contributed by atoms with Crippen LogP contribution in [-0.2, 0) is 0 Å². The highest BCUT2D eigenvalue weighted by molar-refractivity contribution is 7.99. The van der Waals surface area contributed by atoms with Crippen LogP contribution in [0.15, 0.2) is 0 Å². The number of thioether (sulfide) groups is 1. The van der Waals surface area contributed by atoms with Crippen LogP contribution in [0.25, 0.3) is 0 Å². The summed E-state index contributed by atoms with van der Waals surface area (Å²) < 4.78 is 0. The fraction of sp³-hybridized carbons (Fsp3) is 1.00. The number of nitrogens with two attached hydrogens (primary N) is 1. The molecule has 2 atom stereocenters. The van der Waals surface area contributed by atoms with Gasteiger partial charge in [-0.25, -0.2) is 0 Å². The summed E-state index contributed by atoms with van der Waals surface area (Å²) in [5.41, 5.74) is 6.22. The highest BCUT2D eigenvalue weighted by atomic mass is 35.5. The lowest BCUT2D eigenvalue weighted by molar-refractivity contribution is 0.252. The molecule has 0 bridgehead atoms. The molecule has 0 saturated carbocycles. The summed E-state index contributed by atoms with van der Waals surface area (Å²) in [6.07, 6.45) is 2.73. The van der Waals surface area contributed by atoms with Gasteiger partial charge in [0, 0.05) is 13.1 Å². The summed E-state index contributed by atoms with van der Waals surface area (Å²) in [7, 11) is 0. The molecule has 15 heavy (non-hydrogen) atoms. The summed E-state index contributed by atoms with van der Waals surface area (Å²) in [6.45, 7) is 7.00. The van der Waals surface area contributed by atoms with Crippen LogP contribution in [0.5, 0.6) is 0 Å². The van der Waals surface area contributed by atoms with E-state index >= 15 is 0 Å². The van der Waals surface area contributed by atoms with Crippen molar-refractivity contribution in [1.82, 2.24) is 4.90 Å². The van der Waals surface area contributed by atoms with Gasteiger partial charge in [0.1, 0.15) is 0 Å². The molecule has 2 unspecified atom stereocenters. The molecule has 2 heterocycles. The second-order valence-electron chi connectivity index (χ2n) is 5.23. The molecule has 0 spiro atoms. The molecule has 0 amide bonds. The second-order valence-corrected chi connectivity index (χ2v) is 6.38. The number of nitrogens with zero attached hydrogens (tertiary/aromatic N) is 1. The van der Waals surface area contributed by atoms with Crippen molar-refractivity contribution in [2.45, 2.75) is 19.8 Å². The Balaban J connectivity index is 0.00000112. The molecule has 90 valence electrons. The summed E-state index contributed by atoms with van der Waals surface area (Å²) in [6, 6.07) is 0. The first-order valence-corrected chi connectivity index (χ1v) is 6.87. The highest BCUT2D eigenvalue weighted by Gasteiger charge is 2.33. The number of hydrogen-bond acceptors (Lipinski definition) is 3. The van der Waals surface area contributed by atoms with Crippen LogP contribution in [0.4, 0.5) is 0 Å². The molecule has 2 fully saturated rings. The zero-order chi connectivity index (χ0) is 10.0. The van der Waals surface area contributed by atoms with Gasteiger partial charge >= 0.3 is 0 Å². The van der Waals surface area contributed by atoms with E-state index in [1.807, 2.05) is 0 Å². The van der Waals surface area contributed by atoms with E-state index < -0.39 is 0 Å². The van der Waals surface area contributed by atoms with Crippen molar-refractivity contribution in [3.63, 3.8) is 0 Å². The summed E-state index contributed by atoms with van der Waals surface area (Å²) in [5.74, 6) is 3.72. The molecule has 0 aromatic rings. The van der Waals surface area contributed by atoms with Crippen molar-refractivity contribution in [2.75, 3.05) is 37.7 Å². The first-order chi connectivity index (χ1) is 6.72. The third-order valence-corrected chi connectivity index (χ3v) is 4.90. The summed E-state index contributed by atoms with van der Waals surface area (Å²) >= 11 is 2.12. The van der Waals surface area contributed by atoms with E-state index in [9.17, 15) is 0 Å².